The highest BCUT2D eigenvalue weighted by molar-refractivity contribution is 7.51. The zero-order valence-electron chi connectivity index (χ0n) is 14.4. The van der Waals surface area contributed by atoms with Gasteiger partial charge >= 0.3 is 7.60 Å². The van der Waals surface area contributed by atoms with E-state index in [1.54, 1.807) is 24.3 Å². The van der Waals surface area contributed by atoms with Gasteiger partial charge in [-0.25, -0.2) is 4.98 Å². The number of para-hydroxylation sites is 1. The summed E-state index contributed by atoms with van der Waals surface area (Å²) in [6.07, 6.45) is 0. The van der Waals surface area contributed by atoms with Crippen LogP contribution in [0.3, 0.4) is 0 Å². The Kier molecular flexibility index (Phi) is 6.97. The number of carbonyl (C=O) groups excluding carboxylic acids is 1. The molecule has 0 saturated carbocycles. The van der Waals surface area contributed by atoms with Crippen LogP contribution in [0.2, 0.25) is 0 Å². The largest absolute Gasteiger partial charge is 0.465 e. The Bertz CT molecular complexity index is 885. The van der Waals surface area contributed by atoms with Crippen LogP contribution in [0, 0.1) is 0 Å². The van der Waals surface area contributed by atoms with Crippen LogP contribution in [-0.2, 0) is 13.9 Å². The highest BCUT2D eigenvalue weighted by Crippen LogP contribution is 2.37. The molecule has 0 spiro atoms. The summed E-state index contributed by atoms with van der Waals surface area (Å²) < 4.78 is 21.1. The second-order valence-corrected chi connectivity index (χ2v) is 7.08. The first-order valence-corrected chi connectivity index (χ1v) is 9.66. The summed E-state index contributed by atoms with van der Waals surface area (Å²) in [7, 11) is -3.65. The van der Waals surface area contributed by atoms with Gasteiger partial charge in [-0.15, -0.1) is 10.2 Å². The number of nitrogens with two attached hydrogens (primary N) is 2. The Labute approximate surface area is 154 Å². The molecule has 1 amide bonds. The van der Waals surface area contributed by atoms with E-state index < -0.39 is 20.3 Å². The summed E-state index contributed by atoms with van der Waals surface area (Å²) >= 11 is 0. The fraction of sp³-hybridized carbons (Fsp3) is 0.200. The molecule has 1 heterocycles. The number of amides is 1. The molecule has 12 heteroatoms. The van der Waals surface area contributed by atoms with Crippen molar-refractivity contribution in [3.8, 4) is 5.75 Å². The Balaban J connectivity index is 2.11. The van der Waals surface area contributed by atoms with E-state index in [-0.39, 0.29) is 23.9 Å². The van der Waals surface area contributed by atoms with E-state index in [1.807, 2.05) is 0 Å². The van der Waals surface area contributed by atoms with Crippen molar-refractivity contribution >= 4 is 36.5 Å². The Morgan fingerprint density at radius 2 is 1.96 bits per heavy atom. The van der Waals surface area contributed by atoms with Crippen molar-refractivity contribution in [2.75, 3.05) is 31.1 Å². The average Bonchev–Trinajstić information content (AvgIpc) is 2.61. The third-order valence-electron chi connectivity index (χ3n) is 2.99. The molecule has 0 aliphatic carbocycles. The van der Waals surface area contributed by atoms with Gasteiger partial charge in [0, 0.05) is 6.66 Å². The molecule has 0 saturated heterocycles. The number of pyridine rings is 1. The van der Waals surface area contributed by atoms with Crippen molar-refractivity contribution < 1.29 is 23.5 Å². The number of carbonyl (C=O) groups is 1. The predicted octanol–water partition coefficient (Wildman–Crippen LogP) is 2.14. The summed E-state index contributed by atoms with van der Waals surface area (Å²) in [6.45, 7) is 0.459. The Hall–Kier alpha value is -2.85. The van der Waals surface area contributed by atoms with Crippen LogP contribution in [0.1, 0.15) is 0 Å². The fourth-order valence-electron chi connectivity index (χ4n) is 1.77. The van der Waals surface area contributed by atoms with Gasteiger partial charge in [0.1, 0.15) is 22.9 Å². The lowest BCUT2D eigenvalue weighted by molar-refractivity contribution is -0.114. The Morgan fingerprint density at radius 3 is 2.63 bits per heavy atom. The number of azo groups is 1. The van der Waals surface area contributed by atoms with E-state index in [0.29, 0.717) is 11.4 Å². The first kappa shape index (κ1) is 20.5. The van der Waals surface area contributed by atoms with Gasteiger partial charge in [0.05, 0.1) is 6.54 Å². The molecular formula is C15H19N6O5P. The molecule has 0 radical (unpaired) electrons. The van der Waals surface area contributed by atoms with E-state index in [4.69, 9.17) is 21.1 Å². The maximum absolute atomic E-state index is 11.3. The van der Waals surface area contributed by atoms with Crippen molar-refractivity contribution in [2.24, 2.45) is 16.0 Å². The molecule has 1 aromatic carbocycles. The normalized spacial score (nSPS) is 13.3. The van der Waals surface area contributed by atoms with Crippen LogP contribution >= 0.6 is 7.60 Å². The Morgan fingerprint density at radius 1 is 1.26 bits per heavy atom. The number of aromatic nitrogens is 1. The molecule has 27 heavy (non-hydrogen) atoms. The van der Waals surface area contributed by atoms with Crippen LogP contribution in [0.4, 0.5) is 23.0 Å². The maximum Gasteiger partial charge on any atom is 0.327 e. The first-order valence-electron chi connectivity index (χ1n) is 7.63. The van der Waals surface area contributed by atoms with E-state index in [9.17, 15) is 9.36 Å². The van der Waals surface area contributed by atoms with Gasteiger partial charge in [-0.1, -0.05) is 12.1 Å². The van der Waals surface area contributed by atoms with E-state index in [0.717, 1.165) is 6.66 Å². The molecule has 0 bridgehead atoms. The third-order valence-corrected chi connectivity index (χ3v) is 3.58. The highest BCUT2D eigenvalue weighted by Gasteiger charge is 2.11. The van der Waals surface area contributed by atoms with Gasteiger partial charge < -0.3 is 26.4 Å². The molecule has 6 N–H and O–H groups in total. The minimum Gasteiger partial charge on any atom is -0.465 e. The maximum atomic E-state index is 11.3. The minimum atomic E-state index is -3.65. The zero-order valence-corrected chi connectivity index (χ0v) is 15.3. The van der Waals surface area contributed by atoms with Gasteiger partial charge in [-0.3, -0.25) is 13.9 Å². The monoisotopic (exact) mass is 394 g/mol. The second kappa shape index (κ2) is 9.19. The summed E-state index contributed by atoms with van der Waals surface area (Å²) in [5.74, 6) is 0.204. The number of nitrogens with one attached hydrogen (secondary N) is 1. The summed E-state index contributed by atoms with van der Waals surface area (Å²) in [5.41, 5.74) is 11.7. The predicted molar refractivity (Wildman–Crippen MR) is 99.3 cm³/mol. The van der Waals surface area contributed by atoms with Crippen molar-refractivity contribution in [3.63, 3.8) is 0 Å². The lowest BCUT2D eigenvalue weighted by Crippen LogP contribution is -2.22. The van der Waals surface area contributed by atoms with Crippen LogP contribution < -0.4 is 21.5 Å². The van der Waals surface area contributed by atoms with Crippen LogP contribution in [-0.4, -0.2) is 35.8 Å². The van der Waals surface area contributed by atoms with Gasteiger partial charge in [-0.05, 0) is 24.3 Å². The van der Waals surface area contributed by atoms with Crippen LogP contribution in [0.15, 0.2) is 46.6 Å². The lowest BCUT2D eigenvalue weighted by Gasteiger charge is -2.10. The molecule has 11 nitrogen and oxygen atoms in total. The molecule has 1 aromatic heterocycles. The molecule has 0 aliphatic heterocycles. The molecule has 0 aliphatic rings. The first-order chi connectivity index (χ1) is 12.8. The number of nitrogen functional groups attached to an aromatic ring is 1. The summed E-state index contributed by atoms with van der Waals surface area (Å²) in [4.78, 5) is 24.4. The van der Waals surface area contributed by atoms with Crippen molar-refractivity contribution in [3.05, 3.63) is 36.4 Å². The third kappa shape index (κ3) is 6.76. The molecule has 144 valence electrons. The molecule has 2 aromatic rings. The topological polar surface area (TPSA) is 175 Å². The quantitative estimate of drug-likeness (QED) is 0.299. The van der Waals surface area contributed by atoms with Crippen molar-refractivity contribution in [1.82, 2.24) is 4.98 Å². The van der Waals surface area contributed by atoms with Crippen molar-refractivity contribution in [2.45, 2.75) is 0 Å². The number of ether oxygens (including phenoxy) is 1. The zero-order chi connectivity index (χ0) is 19.9. The van der Waals surface area contributed by atoms with Gasteiger partial charge in [-0.2, -0.15) is 0 Å². The fourth-order valence-corrected chi connectivity index (χ4v) is 2.02. The second-order valence-electron chi connectivity index (χ2n) is 5.22. The van der Waals surface area contributed by atoms with Crippen LogP contribution in [0.5, 0.6) is 5.75 Å². The van der Waals surface area contributed by atoms with Gasteiger partial charge in [0.2, 0.25) is 5.91 Å². The number of benzene rings is 1. The van der Waals surface area contributed by atoms with Gasteiger partial charge in [0.15, 0.2) is 12.6 Å². The SMILES string of the molecule is CP(=O)(O)OCOc1ccccc1N=Nc1ccc(NC(=O)CN)nc1N. The highest BCUT2D eigenvalue weighted by atomic mass is 31.2. The standard InChI is InChI=1S/C15H19N6O5P/c1-27(23,24)26-9-25-12-5-3-2-4-10(12)20-21-11-6-7-13(19-15(11)17)18-14(22)8-16/h2-7H,8-9,16H2,1H3,(H,23,24)(H3,17,18,19,22). The number of hydrogen-bond donors (Lipinski definition) is 4. The summed E-state index contributed by atoms with van der Waals surface area (Å²) in [6, 6.07) is 9.68. The van der Waals surface area contributed by atoms with Crippen LogP contribution in [0.25, 0.3) is 0 Å². The van der Waals surface area contributed by atoms with E-state index >= 15 is 0 Å². The van der Waals surface area contributed by atoms with E-state index in [2.05, 4.69) is 25.1 Å². The smallest absolute Gasteiger partial charge is 0.327 e. The molecule has 1 atom stereocenters. The molecule has 2 rings (SSSR count). The number of rotatable bonds is 8. The summed E-state index contributed by atoms with van der Waals surface area (Å²) in [5, 5.41) is 10.5. The number of nitrogens with zero attached hydrogens (tertiary/aromatic N) is 3. The minimum absolute atomic E-state index is 0.0579. The number of hydrogen-bond acceptors (Lipinski definition) is 9. The molecule has 0 fully saturated rings. The lowest BCUT2D eigenvalue weighted by atomic mass is 10.3. The molecule has 1 unspecified atom stereocenters. The van der Waals surface area contributed by atoms with Crippen molar-refractivity contribution in [1.29, 1.82) is 0 Å². The molecular weight excluding hydrogens is 375 g/mol. The van der Waals surface area contributed by atoms with E-state index in [1.165, 1.54) is 12.1 Å². The van der Waals surface area contributed by atoms with Gasteiger partial charge in [0.25, 0.3) is 0 Å². The number of anilines is 2. The average molecular weight is 394 g/mol.